The van der Waals surface area contributed by atoms with E-state index in [9.17, 15) is 14.0 Å². The van der Waals surface area contributed by atoms with Gasteiger partial charge in [0.25, 0.3) is 5.56 Å². The second-order valence-electron chi connectivity index (χ2n) is 4.46. The zero-order valence-electron chi connectivity index (χ0n) is 11.3. The van der Waals surface area contributed by atoms with Crippen LogP contribution in [0.3, 0.4) is 0 Å². The molecule has 0 unspecified atom stereocenters. The first-order valence-corrected chi connectivity index (χ1v) is 6.61. The molecule has 1 heterocycles. The van der Waals surface area contributed by atoms with Crippen molar-refractivity contribution < 1.29 is 9.18 Å². The number of anilines is 1. The highest BCUT2D eigenvalue weighted by atomic mass is 35.5. The fraction of sp³-hybridized carbons (Fsp3) is 0.214. The SMILES string of the molecule is Cn1nc(CCC(=O)Nc2ccc(Cl)cc2F)ccc1=O. The number of hydrogen-bond acceptors (Lipinski definition) is 3. The summed E-state index contributed by atoms with van der Waals surface area (Å²) in [7, 11) is 1.54. The second-order valence-corrected chi connectivity index (χ2v) is 4.90. The highest BCUT2D eigenvalue weighted by Gasteiger charge is 2.08. The van der Waals surface area contributed by atoms with Crippen LogP contribution in [0.1, 0.15) is 12.1 Å². The molecule has 1 aromatic carbocycles. The molecule has 1 amide bonds. The maximum atomic E-state index is 13.5. The maximum Gasteiger partial charge on any atom is 0.266 e. The van der Waals surface area contributed by atoms with E-state index in [1.165, 1.54) is 29.9 Å². The Labute approximate surface area is 125 Å². The van der Waals surface area contributed by atoms with E-state index in [1.54, 1.807) is 6.07 Å². The number of nitrogens with zero attached hydrogens (tertiary/aromatic N) is 2. The molecule has 2 rings (SSSR count). The molecule has 0 aliphatic rings. The van der Waals surface area contributed by atoms with Crippen molar-refractivity contribution in [2.24, 2.45) is 7.05 Å². The molecule has 0 radical (unpaired) electrons. The van der Waals surface area contributed by atoms with Crippen molar-refractivity contribution in [2.45, 2.75) is 12.8 Å². The van der Waals surface area contributed by atoms with Crippen molar-refractivity contribution >= 4 is 23.2 Å². The summed E-state index contributed by atoms with van der Waals surface area (Å²) in [6, 6.07) is 6.98. The molecule has 0 bridgehead atoms. The van der Waals surface area contributed by atoms with Gasteiger partial charge in [-0.2, -0.15) is 5.10 Å². The number of nitrogens with one attached hydrogen (secondary N) is 1. The lowest BCUT2D eigenvalue weighted by Crippen LogP contribution is -2.20. The van der Waals surface area contributed by atoms with Crippen LogP contribution < -0.4 is 10.9 Å². The minimum atomic E-state index is -0.587. The van der Waals surface area contributed by atoms with Gasteiger partial charge in [0.15, 0.2) is 0 Å². The van der Waals surface area contributed by atoms with E-state index >= 15 is 0 Å². The molecule has 5 nitrogen and oxygen atoms in total. The molecule has 7 heteroatoms. The Kier molecular flexibility index (Phi) is 4.70. The first-order valence-electron chi connectivity index (χ1n) is 6.24. The Bertz CT molecular complexity index is 730. The second kappa shape index (κ2) is 6.49. The lowest BCUT2D eigenvalue weighted by atomic mass is 10.2. The van der Waals surface area contributed by atoms with E-state index in [-0.39, 0.29) is 28.6 Å². The van der Waals surface area contributed by atoms with Crippen LogP contribution in [0.25, 0.3) is 0 Å². The number of benzene rings is 1. The zero-order chi connectivity index (χ0) is 15.4. The van der Waals surface area contributed by atoms with Gasteiger partial charge in [0.1, 0.15) is 5.82 Å². The van der Waals surface area contributed by atoms with Crippen LogP contribution in [0.4, 0.5) is 10.1 Å². The highest BCUT2D eigenvalue weighted by molar-refractivity contribution is 6.30. The Morgan fingerprint density at radius 2 is 2.14 bits per heavy atom. The van der Waals surface area contributed by atoms with Gasteiger partial charge >= 0.3 is 0 Å². The third-order valence-corrected chi connectivity index (χ3v) is 3.06. The minimum Gasteiger partial charge on any atom is -0.324 e. The molecule has 2 aromatic rings. The Balaban J connectivity index is 1.95. The van der Waals surface area contributed by atoms with Crippen LogP contribution in [-0.4, -0.2) is 15.7 Å². The average molecular weight is 310 g/mol. The summed E-state index contributed by atoms with van der Waals surface area (Å²) in [5.74, 6) is -0.928. The number of carbonyl (C=O) groups excluding carboxylic acids is 1. The largest absolute Gasteiger partial charge is 0.324 e. The average Bonchev–Trinajstić information content (AvgIpc) is 2.43. The number of halogens is 2. The molecule has 0 aliphatic carbocycles. The van der Waals surface area contributed by atoms with Crippen molar-refractivity contribution in [3.05, 3.63) is 57.2 Å². The van der Waals surface area contributed by atoms with Gasteiger partial charge in [-0.1, -0.05) is 11.6 Å². The van der Waals surface area contributed by atoms with Gasteiger partial charge in [0.2, 0.25) is 5.91 Å². The molecule has 0 atom stereocenters. The summed E-state index contributed by atoms with van der Waals surface area (Å²) >= 11 is 5.63. The fourth-order valence-electron chi connectivity index (χ4n) is 1.73. The van der Waals surface area contributed by atoms with Gasteiger partial charge in [0, 0.05) is 31.0 Å². The summed E-state index contributed by atoms with van der Waals surface area (Å²) in [4.78, 5) is 23.0. The molecule has 110 valence electrons. The number of amides is 1. The summed E-state index contributed by atoms with van der Waals surface area (Å²) < 4.78 is 14.7. The predicted octanol–water partition coefficient (Wildman–Crippen LogP) is 2.14. The van der Waals surface area contributed by atoms with Crippen LogP contribution in [-0.2, 0) is 18.3 Å². The van der Waals surface area contributed by atoms with Crippen molar-refractivity contribution in [1.29, 1.82) is 0 Å². The molecule has 0 saturated heterocycles. The highest BCUT2D eigenvalue weighted by Crippen LogP contribution is 2.19. The third-order valence-electron chi connectivity index (χ3n) is 2.83. The number of aryl methyl sites for hydroxylation is 2. The molecule has 0 aliphatic heterocycles. The van der Waals surface area contributed by atoms with Crippen molar-refractivity contribution in [2.75, 3.05) is 5.32 Å². The zero-order valence-corrected chi connectivity index (χ0v) is 12.0. The van der Waals surface area contributed by atoms with Gasteiger partial charge in [0.05, 0.1) is 11.4 Å². The molecular weight excluding hydrogens is 297 g/mol. The first kappa shape index (κ1) is 15.2. The lowest BCUT2D eigenvalue weighted by molar-refractivity contribution is -0.116. The summed E-state index contributed by atoms with van der Waals surface area (Å²) in [5, 5.41) is 6.74. The molecule has 0 saturated carbocycles. The topological polar surface area (TPSA) is 64.0 Å². The van der Waals surface area contributed by atoms with Crippen LogP contribution in [0.2, 0.25) is 5.02 Å². The molecule has 0 fully saturated rings. The molecular formula is C14H13ClFN3O2. The van der Waals surface area contributed by atoms with Crippen LogP contribution in [0.5, 0.6) is 0 Å². The fourth-order valence-corrected chi connectivity index (χ4v) is 1.89. The van der Waals surface area contributed by atoms with Crippen LogP contribution in [0.15, 0.2) is 35.1 Å². The molecule has 1 N–H and O–H groups in total. The van der Waals surface area contributed by atoms with E-state index in [0.29, 0.717) is 12.1 Å². The number of rotatable bonds is 4. The maximum absolute atomic E-state index is 13.5. The van der Waals surface area contributed by atoms with Crippen molar-refractivity contribution in [3.63, 3.8) is 0 Å². The summed E-state index contributed by atoms with van der Waals surface area (Å²) in [6.07, 6.45) is 0.489. The van der Waals surface area contributed by atoms with Crippen molar-refractivity contribution in [1.82, 2.24) is 9.78 Å². The van der Waals surface area contributed by atoms with E-state index in [1.807, 2.05) is 0 Å². The van der Waals surface area contributed by atoms with Gasteiger partial charge in [-0.3, -0.25) is 9.59 Å². The number of hydrogen-bond donors (Lipinski definition) is 1. The van der Waals surface area contributed by atoms with Crippen LogP contribution in [0, 0.1) is 5.82 Å². The minimum absolute atomic E-state index is 0.0813. The quantitative estimate of drug-likeness (QED) is 0.941. The molecule has 21 heavy (non-hydrogen) atoms. The summed E-state index contributed by atoms with van der Waals surface area (Å²) in [6.45, 7) is 0. The van der Waals surface area contributed by atoms with E-state index < -0.39 is 5.82 Å². The van der Waals surface area contributed by atoms with Gasteiger partial charge < -0.3 is 5.32 Å². The van der Waals surface area contributed by atoms with Crippen LogP contribution >= 0.6 is 11.6 Å². The first-order chi connectivity index (χ1) is 9.95. The normalized spacial score (nSPS) is 10.4. The van der Waals surface area contributed by atoms with Gasteiger partial charge in [-0.25, -0.2) is 9.07 Å². The standard InChI is InChI=1S/C14H13ClFN3O2/c1-19-14(21)7-4-10(18-19)3-6-13(20)17-12-5-2-9(15)8-11(12)16/h2,4-5,7-8H,3,6H2,1H3,(H,17,20). The van der Waals surface area contributed by atoms with Crippen molar-refractivity contribution in [3.8, 4) is 0 Å². The van der Waals surface area contributed by atoms with E-state index in [0.717, 1.165) is 6.07 Å². The Morgan fingerprint density at radius 1 is 1.38 bits per heavy atom. The van der Waals surface area contributed by atoms with E-state index in [4.69, 9.17) is 11.6 Å². The Morgan fingerprint density at radius 3 is 2.81 bits per heavy atom. The molecule has 0 spiro atoms. The van der Waals surface area contributed by atoms with Gasteiger partial charge in [-0.15, -0.1) is 0 Å². The lowest BCUT2D eigenvalue weighted by Gasteiger charge is -2.07. The third kappa shape index (κ3) is 4.13. The van der Waals surface area contributed by atoms with Gasteiger partial charge in [-0.05, 0) is 24.3 Å². The monoisotopic (exact) mass is 309 g/mol. The molecule has 1 aromatic heterocycles. The number of carbonyl (C=O) groups is 1. The van der Waals surface area contributed by atoms with E-state index in [2.05, 4.69) is 10.4 Å². The summed E-state index contributed by atoms with van der Waals surface area (Å²) in [5.41, 5.74) is 0.480. The Hall–Kier alpha value is -2.21. The predicted molar refractivity (Wildman–Crippen MR) is 77.8 cm³/mol. The number of aromatic nitrogens is 2. The smallest absolute Gasteiger partial charge is 0.266 e.